The van der Waals surface area contributed by atoms with E-state index in [0.29, 0.717) is 0 Å². The molecule has 0 aliphatic heterocycles. The summed E-state index contributed by atoms with van der Waals surface area (Å²) in [5.41, 5.74) is 0. The molecular formula is C6H6O3. The van der Waals surface area contributed by atoms with Crippen LogP contribution in [0.15, 0.2) is 0 Å². The molecule has 0 bridgehead atoms. The molecule has 3 heteroatoms. The third-order valence-electron chi connectivity index (χ3n) is 1.42. The van der Waals surface area contributed by atoms with Gasteiger partial charge in [0.05, 0.1) is 0 Å². The van der Waals surface area contributed by atoms with Crippen molar-refractivity contribution in [2.45, 2.75) is 13.3 Å². The zero-order valence-corrected chi connectivity index (χ0v) is 5.01. The monoisotopic (exact) mass is 126 g/mol. The summed E-state index contributed by atoms with van der Waals surface area (Å²) >= 11 is 0. The first kappa shape index (κ1) is 6.13. The molecule has 1 saturated carbocycles. The normalized spacial score (nSPS) is 27.7. The fourth-order valence-electron chi connectivity index (χ4n) is 0.825. The van der Waals surface area contributed by atoms with Crippen LogP contribution in [0, 0.1) is 5.92 Å². The van der Waals surface area contributed by atoms with E-state index in [1.54, 1.807) is 6.92 Å². The molecule has 1 rings (SSSR count). The Morgan fingerprint density at radius 1 is 1.33 bits per heavy atom. The lowest BCUT2D eigenvalue weighted by Gasteiger charge is -1.88. The van der Waals surface area contributed by atoms with Crippen LogP contribution in [0.2, 0.25) is 0 Å². The lowest BCUT2D eigenvalue weighted by molar-refractivity contribution is -0.140. The minimum Gasteiger partial charge on any atom is -0.290 e. The largest absolute Gasteiger partial charge is 0.290 e. The van der Waals surface area contributed by atoms with Crippen LogP contribution in [-0.4, -0.2) is 17.3 Å². The summed E-state index contributed by atoms with van der Waals surface area (Å²) in [6.07, 6.45) is 0.109. The number of hydrogen-bond donors (Lipinski definition) is 0. The van der Waals surface area contributed by atoms with Gasteiger partial charge in [0.25, 0.3) is 5.78 Å². The molecular weight excluding hydrogens is 120 g/mol. The van der Waals surface area contributed by atoms with Gasteiger partial charge in [0.2, 0.25) is 11.6 Å². The van der Waals surface area contributed by atoms with Gasteiger partial charge in [-0.3, -0.25) is 14.4 Å². The van der Waals surface area contributed by atoms with Gasteiger partial charge >= 0.3 is 0 Å². The summed E-state index contributed by atoms with van der Waals surface area (Å²) < 4.78 is 0. The zero-order chi connectivity index (χ0) is 7.02. The first-order chi connectivity index (χ1) is 4.13. The van der Waals surface area contributed by atoms with Gasteiger partial charge in [0.1, 0.15) is 0 Å². The minimum atomic E-state index is -0.817. The minimum absolute atomic E-state index is 0.109. The maximum atomic E-state index is 10.5. The van der Waals surface area contributed by atoms with Crippen molar-refractivity contribution in [2.24, 2.45) is 5.92 Å². The maximum Gasteiger partial charge on any atom is 0.264 e. The average Bonchev–Trinajstić information content (AvgIpc) is 1.98. The topological polar surface area (TPSA) is 51.2 Å². The Hall–Kier alpha value is -0.990. The molecule has 9 heavy (non-hydrogen) atoms. The molecule has 1 aliphatic rings. The van der Waals surface area contributed by atoms with Gasteiger partial charge in [0, 0.05) is 12.3 Å². The van der Waals surface area contributed by atoms with E-state index in [1.165, 1.54) is 0 Å². The predicted molar refractivity (Wildman–Crippen MR) is 28.8 cm³/mol. The molecule has 0 aromatic carbocycles. The molecule has 1 unspecified atom stereocenters. The lowest BCUT2D eigenvalue weighted by Crippen LogP contribution is -2.14. The molecule has 0 radical (unpaired) electrons. The molecule has 0 spiro atoms. The Kier molecular flexibility index (Phi) is 1.20. The van der Waals surface area contributed by atoms with Crippen LogP contribution in [0.4, 0.5) is 0 Å². The quantitative estimate of drug-likeness (QED) is 0.420. The number of carbonyl (C=O) groups is 3. The van der Waals surface area contributed by atoms with Crippen molar-refractivity contribution in [2.75, 3.05) is 0 Å². The Morgan fingerprint density at radius 3 is 2.00 bits per heavy atom. The van der Waals surface area contributed by atoms with E-state index in [4.69, 9.17) is 0 Å². The number of Topliss-reactive ketones (excluding diaryl/α,β-unsaturated/α-hetero) is 3. The number of carbonyl (C=O) groups excluding carboxylic acids is 3. The van der Waals surface area contributed by atoms with Gasteiger partial charge in [-0.2, -0.15) is 0 Å². The highest BCUT2D eigenvalue weighted by Gasteiger charge is 2.36. The van der Waals surface area contributed by atoms with Gasteiger partial charge in [-0.1, -0.05) is 6.92 Å². The van der Waals surface area contributed by atoms with Crippen molar-refractivity contribution in [3.63, 3.8) is 0 Å². The van der Waals surface area contributed by atoms with E-state index in [0.717, 1.165) is 0 Å². The molecule has 1 fully saturated rings. The van der Waals surface area contributed by atoms with Gasteiger partial charge in [0.15, 0.2) is 0 Å². The molecule has 0 aromatic heterocycles. The Balaban J connectivity index is 2.90. The second kappa shape index (κ2) is 1.76. The van der Waals surface area contributed by atoms with Crippen molar-refractivity contribution >= 4 is 17.3 Å². The Bertz CT molecular complexity index is 192. The van der Waals surface area contributed by atoms with E-state index in [-0.39, 0.29) is 12.3 Å². The smallest absolute Gasteiger partial charge is 0.264 e. The van der Waals surface area contributed by atoms with Crippen molar-refractivity contribution in [3.05, 3.63) is 0 Å². The molecule has 0 heterocycles. The predicted octanol–water partition coefficient (Wildman–Crippen LogP) is -0.266. The summed E-state index contributed by atoms with van der Waals surface area (Å²) in [6, 6.07) is 0. The highest BCUT2D eigenvalue weighted by Crippen LogP contribution is 2.13. The second-order valence-corrected chi connectivity index (χ2v) is 2.22. The standard InChI is InChI=1S/C6H6O3/c1-3-2-4(7)6(9)5(3)8/h3H,2H2,1H3. The fourth-order valence-corrected chi connectivity index (χ4v) is 0.825. The van der Waals surface area contributed by atoms with Crippen molar-refractivity contribution < 1.29 is 14.4 Å². The SMILES string of the molecule is CC1CC(=O)C(=O)C1=O. The van der Waals surface area contributed by atoms with Crippen molar-refractivity contribution in [3.8, 4) is 0 Å². The fraction of sp³-hybridized carbons (Fsp3) is 0.500. The molecule has 1 atom stereocenters. The zero-order valence-electron chi connectivity index (χ0n) is 5.01. The molecule has 0 saturated heterocycles. The van der Waals surface area contributed by atoms with E-state index in [1.807, 2.05) is 0 Å². The third kappa shape index (κ3) is 0.781. The third-order valence-corrected chi connectivity index (χ3v) is 1.42. The lowest BCUT2D eigenvalue weighted by atomic mass is 10.1. The summed E-state index contributed by atoms with van der Waals surface area (Å²) in [5, 5.41) is 0. The first-order valence-electron chi connectivity index (χ1n) is 2.74. The van der Waals surface area contributed by atoms with Crippen LogP contribution in [0.25, 0.3) is 0 Å². The summed E-state index contributed by atoms with van der Waals surface area (Å²) in [6.45, 7) is 1.59. The number of hydrogen-bond acceptors (Lipinski definition) is 3. The van der Waals surface area contributed by atoms with Crippen LogP contribution in [0.3, 0.4) is 0 Å². The molecule has 48 valence electrons. The van der Waals surface area contributed by atoms with Crippen LogP contribution >= 0.6 is 0 Å². The van der Waals surface area contributed by atoms with Crippen LogP contribution in [0.1, 0.15) is 13.3 Å². The van der Waals surface area contributed by atoms with Gasteiger partial charge in [-0.05, 0) is 0 Å². The maximum absolute atomic E-state index is 10.5. The van der Waals surface area contributed by atoms with Crippen molar-refractivity contribution in [1.82, 2.24) is 0 Å². The van der Waals surface area contributed by atoms with Gasteiger partial charge in [-0.15, -0.1) is 0 Å². The molecule has 3 nitrogen and oxygen atoms in total. The highest BCUT2D eigenvalue weighted by atomic mass is 16.2. The van der Waals surface area contributed by atoms with Gasteiger partial charge < -0.3 is 0 Å². The van der Waals surface area contributed by atoms with E-state index in [9.17, 15) is 14.4 Å². The summed E-state index contributed by atoms with van der Waals surface area (Å²) in [7, 11) is 0. The first-order valence-corrected chi connectivity index (χ1v) is 2.74. The summed E-state index contributed by atoms with van der Waals surface area (Å²) in [5.74, 6) is -2.25. The second-order valence-electron chi connectivity index (χ2n) is 2.22. The van der Waals surface area contributed by atoms with Crippen LogP contribution < -0.4 is 0 Å². The van der Waals surface area contributed by atoms with Crippen LogP contribution in [0.5, 0.6) is 0 Å². The Labute approximate surface area is 52.0 Å². The number of ketones is 3. The molecule has 0 amide bonds. The van der Waals surface area contributed by atoms with Crippen molar-refractivity contribution in [1.29, 1.82) is 0 Å². The van der Waals surface area contributed by atoms with Gasteiger partial charge in [-0.25, -0.2) is 0 Å². The van der Waals surface area contributed by atoms with Crippen LogP contribution in [-0.2, 0) is 14.4 Å². The van der Waals surface area contributed by atoms with E-state index >= 15 is 0 Å². The van der Waals surface area contributed by atoms with E-state index < -0.39 is 17.3 Å². The number of rotatable bonds is 0. The Morgan fingerprint density at radius 2 is 1.89 bits per heavy atom. The highest BCUT2D eigenvalue weighted by molar-refractivity contribution is 6.67. The molecule has 1 aliphatic carbocycles. The van der Waals surface area contributed by atoms with E-state index in [2.05, 4.69) is 0 Å². The molecule has 0 N–H and O–H groups in total. The molecule has 0 aromatic rings. The average molecular weight is 126 g/mol. The summed E-state index contributed by atoms with van der Waals surface area (Å²) in [4.78, 5) is 31.4.